The second kappa shape index (κ2) is 8.04. The fourth-order valence-corrected chi connectivity index (χ4v) is 1.93. The van der Waals surface area contributed by atoms with Gasteiger partial charge in [-0.3, -0.25) is 0 Å². The van der Waals surface area contributed by atoms with E-state index in [0.29, 0.717) is 18.1 Å². The van der Waals surface area contributed by atoms with E-state index in [1.54, 1.807) is 0 Å². The van der Waals surface area contributed by atoms with Crippen molar-refractivity contribution in [1.29, 1.82) is 0 Å². The molecule has 1 fully saturated rings. The summed E-state index contributed by atoms with van der Waals surface area (Å²) in [6.07, 6.45) is 4.24. The Hall–Kier alpha value is -0.120. The van der Waals surface area contributed by atoms with Gasteiger partial charge in [0.2, 0.25) is 0 Å². The zero-order valence-corrected chi connectivity index (χ0v) is 11.0. The molecule has 0 aromatic rings. The fraction of sp³-hybridized carbons (Fsp3) is 1.00. The normalized spacial score (nSPS) is 25.5. The molecule has 3 heteroatoms. The third-order valence-electron chi connectivity index (χ3n) is 2.75. The predicted octanol–water partition coefficient (Wildman–Crippen LogP) is 2.21. The highest BCUT2D eigenvalue weighted by Gasteiger charge is 2.24. The molecule has 0 spiro atoms. The van der Waals surface area contributed by atoms with Crippen LogP contribution in [0, 0.1) is 5.92 Å². The van der Waals surface area contributed by atoms with E-state index >= 15 is 0 Å². The molecule has 0 aliphatic carbocycles. The predicted molar refractivity (Wildman–Crippen MR) is 66.7 cm³/mol. The van der Waals surface area contributed by atoms with Crippen LogP contribution in [0.1, 0.15) is 40.0 Å². The van der Waals surface area contributed by atoms with Gasteiger partial charge in [-0.15, -0.1) is 0 Å². The van der Waals surface area contributed by atoms with Gasteiger partial charge in [0.1, 0.15) is 0 Å². The van der Waals surface area contributed by atoms with Crippen molar-refractivity contribution in [2.45, 2.75) is 52.2 Å². The van der Waals surface area contributed by atoms with E-state index in [2.05, 4.69) is 26.1 Å². The van der Waals surface area contributed by atoms with Gasteiger partial charge in [-0.05, 0) is 31.7 Å². The Bertz CT molecular complexity index is 173. The zero-order chi connectivity index (χ0) is 11.8. The molecule has 2 unspecified atom stereocenters. The first-order chi connectivity index (χ1) is 7.72. The van der Waals surface area contributed by atoms with Crippen LogP contribution in [-0.4, -0.2) is 38.5 Å². The minimum Gasteiger partial charge on any atom is -0.378 e. The van der Waals surface area contributed by atoms with E-state index in [-0.39, 0.29) is 0 Å². The smallest absolute Gasteiger partial charge is 0.0813 e. The van der Waals surface area contributed by atoms with Gasteiger partial charge in [-0.25, -0.2) is 0 Å². The van der Waals surface area contributed by atoms with Gasteiger partial charge in [-0.1, -0.05) is 20.8 Å². The lowest BCUT2D eigenvalue weighted by molar-refractivity contribution is -0.0196. The Morgan fingerprint density at radius 1 is 1.31 bits per heavy atom. The molecule has 0 aromatic carbocycles. The summed E-state index contributed by atoms with van der Waals surface area (Å²) in [6.45, 7) is 10.2. The van der Waals surface area contributed by atoms with Crippen LogP contribution >= 0.6 is 0 Å². The molecular weight excluding hydrogens is 202 g/mol. The quantitative estimate of drug-likeness (QED) is 0.647. The van der Waals surface area contributed by atoms with E-state index in [1.807, 2.05) is 0 Å². The molecule has 0 radical (unpaired) electrons. The summed E-state index contributed by atoms with van der Waals surface area (Å²) in [7, 11) is 0. The first kappa shape index (κ1) is 13.9. The molecular formula is C13H27NO2. The summed E-state index contributed by atoms with van der Waals surface area (Å²) in [6, 6.07) is 0. The summed E-state index contributed by atoms with van der Waals surface area (Å²) >= 11 is 0. The summed E-state index contributed by atoms with van der Waals surface area (Å²) in [4.78, 5) is 0. The van der Waals surface area contributed by atoms with E-state index in [4.69, 9.17) is 9.47 Å². The lowest BCUT2D eigenvalue weighted by Gasteiger charge is -2.15. The Balaban J connectivity index is 2.01. The molecule has 1 heterocycles. The van der Waals surface area contributed by atoms with Gasteiger partial charge >= 0.3 is 0 Å². The van der Waals surface area contributed by atoms with E-state index in [0.717, 1.165) is 32.7 Å². The van der Waals surface area contributed by atoms with Crippen LogP contribution in [0.5, 0.6) is 0 Å². The number of hydrogen-bond acceptors (Lipinski definition) is 3. The highest BCUT2D eigenvalue weighted by molar-refractivity contribution is 4.75. The topological polar surface area (TPSA) is 30.5 Å². The minimum atomic E-state index is 0.326. The average Bonchev–Trinajstić information content (AvgIpc) is 2.66. The van der Waals surface area contributed by atoms with Gasteiger partial charge in [0.05, 0.1) is 18.8 Å². The minimum absolute atomic E-state index is 0.326. The van der Waals surface area contributed by atoms with E-state index in [1.165, 1.54) is 12.8 Å². The first-order valence-electron chi connectivity index (χ1n) is 6.66. The molecule has 1 saturated heterocycles. The Morgan fingerprint density at radius 3 is 2.75 bits per heavy atom. The second-order valence-electron chi connectivity index (χ2n) is 5.09. The van der Waals surface area contributed by atoms with Crippen LogP contribution in [0.25, 0.3) is 0 Å². The average molecular weight is 229 g/mol. The molecule has 2 atom stereocenters. The van der Waals surface area contributed by atoms with Crippen molar-refractivity contribution in [3.63, 3.8) is 0 Å². The largest absolute Gasteiger partial charge is 0.378 e. The monoisotopic (exact) mass is 229 g/mol. The summed E-state index contributed by atoms with van der Waals surface area (Å²) in [5.74, 6) is 0.614. The molecule has 16 heavy (non-hydrogen) atoms. The maximum absolute atomic E-state index is 5.90. The maximum Gasteiger partial charge on any atom is 0.0813 e. The maximum atomic E-state index is 5.90. The number of ether oxygens (including phenoxy) is 2. The Labute approximate surface area is 99.9 Å². The van der Waals surface area contributed by atoms with Crippen molar-refractivity contribution in [2.24, 2.45) is 5.92 Å². The molecule has 0 bridgehead atoms. The van der Waals surface area contributed by atoms with Crippen molar-refractivity contribution >= 4 is 0 Å². The summed E-state index contributed by atoms with van der Waals surface area (Å²) in [5.41, 5.74) is 0. The third kappa shape index (κ3) is 5.83. The Morgan fingerprint density at radius 2 is 2.06 bits per heavy atom. The van der Waals surface area contributed by atoms with Crippen LogP contribution in [0.4, 0.5) is 0 Å². The van der Waals surface area contributed by atoms with Crippen molar-refractivity contribution in [3.8, 4) is 0 Å². The van der Waals surface area contributed by atoms with Gasteiger partial charge in [0.15, 0.2) is 0 Å². The highest BCUT2D eigenvalue weighted by atomic mass is 16.5. The number of rotatable bonds is 8. The molecule has 0 aromatic heterocycles. The van der Waals surface area contributed by atoms with Crippen LogP contribution in [0.3, 0.4) is 0 Å². The SMILES string of the molecule is CCCNCC1CCC(COCC(C)C)O1. The van der Waals surface area contributed by atoms with Crippen LogP contribution in [-0.2, 0) is 9.47 Å². The molecule has 1 aliphatic rings. The van der Waals surface area contributed by atoms with Gasteiger partial charge in [-0.2, -0.15) is 0 Å². The second-order valence-corrected chi connectivity index (χ2v) is 5.09. The molecule has 3 nitrogen and oxygen atoms in total. The van der Waals surface area contributed by atoms with Crippen molar-refractivity contribution in [1.82, 2.24) is 5.32 Å². The number of nitrogens with one attached hydrogen (secondary N) is 1. The molecule has 1 N–H and O–H groups in total. The van der Waals surface area contributed by atoms with Crippen molar-refractivity contribution in [2.75, 3.05) is 26.3 Å². The highest BCUT2D eigenvalue weighted by Crippen LogP contribution is 2.19. The number of hydrogen-bond donors (Lipinski definition) is 1. The Kier molecular flexibility index (Phi) is 7.01. The first-order valence-corrected chi connectivity index (χ1v) is 6.66. The van der Waals surface area contributed by atoms with Crippen LogP contribution in [0.15, 0.2) is 0 Å². The van der Waals surface area contributed by atoms with Crippen molar-refractivity contribution in [3.05, 3.63) is 0 Å². The van der Waals surface area contributed by atoms with E-state index in [9.17, 15) is 0 Å². The molecule has 1 rings (SSSR count). The zero-order valence-electron chi connectivity index (χ0n) is 11.0. The third-order valence-corrected chi connectivity index (χ3v) is 2.75. The molecule has 0 saturated carbocycles. The molecule has 1 aliphatic heterocycles. The van der Waals surface area contributed by atoms with Gasteiger partial charge in [0, 0.05) is 13.2 Å². The molecule has 96 valence electrons. The van der Waals surface area contributed by atoms with Crippen LogP contribution < -0.4 is 5.32 Å². The van der Waals surface area contributed by atoms with Crippen molar-refractivity contribution < 1.29 is 9.47 Å². The lowest BCUT2D eigenvalue weighted by atomic mass is 10.2. The molecule has 0 amide bonds. The fourth-order valence-electron chi connectivity index (χ4n) is 1.93. The summed E-state index contributed by atoms with van der Waals surface area (Å²) in [5, 5.41) is 3.41. The van der Waals surface area contributed by atoms with E-state index < -0.39 is 0 Å². The van der Waals surface area contributed by atoms with Crippen LogP contribution in [0.2, 0.25) is 0 Å². The standard InChI is InChI=1S/C13H27NO2/c1-4-7-14-8-12-5-6-13(16-12)10-15-9-11(2)3/h11-14H,4-10H2,1-3H3. The van der Waals surface area contributed by atoms with Gasteiger partial charge < -0.3 is 14.8 Å². The van der Waals surface area contributed by atoms with Gasteiger partial charge in [0.25, 0.3) is 0 Å². The summed E-state index contributed by atoms with van der Waals surface area (Å²) < 4.78 is 11.5. The lowest BCUT2D eigenvalue weighted by Crippen LogP contribution is -2.28.